The fraction of sp³-hybridized carbons (Fsp3) is 0. The normalized spacial score (nSPS) is 9.33. The molecule has 124 valence electrons. The van der Waals surface area contributed by atoms with E-state index in [2.05, 4.69) is 32.3 Å². The highest BCUT2D eigenvalue weighted by atomic mass is 16.2. The molecule has 0 aliphatic carbocycles. The Balaban J connectivity index is 1.64. The largest absolute Gasteiger partial charge is 0.352 e. The predicted molar refractivity (Wildman–Crippen MR) is 88.9 cm³/mol. The topological polar surface area (TPSA) is 123 Å². The van der Waals surface area contributed by atoms with E-state index in [1.54, 1.807) is 60.7 Å². The zero-order valence-electron chi connectivity index (χ0n) is 12.5. The van der Waals surface area contributed by atoms with Crippen LogP contribution < -0.4 is 32.3 Å². The molecule has 0 saturated carbocycles. The third kappa shape index (κ3) is 5.93. The Morgan fingerprint density at radius 3 is 1.21 bits per heavy atom. The fourth-order valence-corrected chi connectivity index (χ4v) is 1.63. The first-order chi connectivity index (χ1) is 11.6. The molecule has 0 fully saturated rings. The van der Waals surface area contributed by atoms with Crippen LogP contribution >= 0.6 is 0 Å². The van der Waals surface area contributed by atoms with Crippen LogP contribution in [0.1, 0.15) is 0 Å². The Morgan fingerprint density at radius 2 is 0.833 bits per heavy atom. The first kappa shape index (κ1) is 16.6. The first-order valence-corrected chi connectivity index (χ1v) is 6.93. The number of amides is 6. The van der Waals surface area contributed by atoms with Crippen molar-refractivity contribution in [1.82, 2.24) is 21.7 Å². The molecule has 0 unspecified atom stereocenters. The second-order valence-corrected chi connectivity index (χ2v) is 4.47. The summed E-state index contributed by atoms with van der Waals surface area (Å²) >= 11 is 0. The van der Waals surface area contributed by atoms with Gasteiger partial charge < -0.3 is 10.6 Å². The number of benzene rings is 2. The minimum absolute atomic E-state index is 0.567. The summed E-state index contributed by atoms with van der Waals surface area (Å²) in [6, 6.07) is 15.3. The SMILES string of the molecule is O=C(NNC(=O)Nc1ccccc1)NNC(=O)Nc1ccccc1. The monoisotopic (exact) mass is 328 g/mol. The lowest BCUT2D eigenvalue weighted by molar-refractivity contribution is 0.223. The predicted octanol–water partition coefficient (Wildman–Crippen LogP) is 1.76. The molecule has 2 aromatic carbocycles. The molecule has 24 heavy (non-hydrogen) atoms. The Kier molecular flexibility index (Phi) is 5.98. The van der Waals surface area contributed by atoms with E-state index in [1.807, 2.05) is 0 Å². The number of hydrazine groups is 2. The van der Waals surface area contributed by atoms with E-state index < -0.39 is 18.1 Å². The number of carbonyl (C=O) groups is 3. The maximum atomic E-state index is 11.5. The molecule has 0 heterocycles. The highest BCUT2D eigenvalue weighted by Crippen LogP contribution is 2.04. The summed E-state index contributed by atoms with van der Waals surface area (Å²) in [7, 11) is 0. The van der Waals surface area contributed by atoms with Crippen LogP contribution in [-0.4, -0.2) is 18.1 Å². The number of nitrogens with one attached hydrogen (secondary N) is 6. The second-order valence-electron chi connectivity index (χ2n) is 4.47. The van der Waals surface area contributed by atoms with Crippen molar-refractivity contribution in [3.63, 3.8) is 0 Å². The van der Waals surface area contributed by atoms with Gasteiger partial charge in [-0.15, -0.1) is 0 Å². The highest BCUT2D eigenvalue weighted by Gasteiger charge is 2.06. The van der Waals surface area contributed by atoms with Crippen LogP contribution in [0.5, 0.6) is 0 Å². The van der Waals surface area contributed by atoms with E-state index in [0.717, 1.165) is 0 Å². The lowest BCUT2D eigenvalue weighted by Crippen LogP contribution is -2.54. The number of hydrogen-bond donors (Lipinski definition) is 6. The van der Waals surface area contributed by atoms with Crippen LogP contribution in [0, 0.1) is 0 Å². The molecular formula is C15H16N6O3. The summed E-state index contributed by atoms with van der Waals surface area (Å²) < 4.78 is 0. The third-order valence-corrected chi connectivity index (χ3v) is 2.64. The molecule has 9 nitrogen and oxygen atoms in total. The van der Waals surface area contributed by atoms with Crippen molar-refractivity contribution in [2.24, 2.45) is 0 Å². The van der Waals surface area contributed by atoms with Crippen molar-refractivity contribution < 1.29 is 14.4 Å². The maximum absolute atomic E-state index is 11.5. The molecule has 0 atom stereocenters. The van der Waals surface area contributed by atoms with Crippen LogP contribution in [0.3, 0.4) is 0 Å². The van der Waals surface area contributed by atoms with Gasteiger partial charge in [0, 0.05) is 11.4 Å². The van der Waals surface area contributed by atoms with Gasteiger partial charge >= 0.3 is 18.1 Å². The molecular weight excluding hydrogens is 312 g/mol. The molecule has 6 amide bonds. The molecule has 0 spiro atoms. The van der Waals surface area contributed by atoms with Crippen molar-refractivity contribution >= 4 is 29.5 Å². The fourth-order valence-electron chi connectivity index (χ4n) is 1.63. The lowest BCUT2D eigenvalue weighted by atomic mass is 10.3. The van der Waals surface area contributed by atoms with Crippen molar-refractivity contribution in [3.8, 4) is 0 Å². The summed E-state index contributed by atoms with van der Waals surface area (Å²) in [5.41, 5.74) is 9.51. The van der Waals surface area contributed by atoms with Gasteiger partial charge in [0.1, 0.15) is 0 Å². The van der Waals surface area contributed by atoms with Crippen molar-refractivity contribution in [2.45, 2.75) is 0 Å². The summed E-state index contributed by atoms with van der Waals surface area (Å²) in [5.74, 6) is 0. The van der Waals surface area contributed by atoms with Crippen LogP contribution in [0.2, 0.25) is 0 Å². The van der Waals surface area contributed by atoms with Crippen LogP contribution in [-0.2, 0) is 0 Å². The van der Waals surface area contributed by atoms with Gasteiger partial charge in [-0.05, 0) is 24.3 Å². The molecule has 6 N–H and O–H groups in total. The van der Waals surface area contributed by atoms with Crippen molar-refractivity contribution in [3.05, 3.63) is 60.7 Å². The zero-order valence-corrected chi connectivity index (χ0v) is 12.5. The number of para-hydroxylation sites is 2. The number of urea groups is 3. The van der Waals surface area contributed by atoms with Crippen molar-refractivity contribution in [1.29, 1.82) is 0 Å². The number of anilines is 2. The smallest absolute Gasteiger partial charge is 0.307 e. The number of rotatable bonds is 2. The molecule has 0 aromatic heterocycles. The van der Waals surface area contributed by atoms with Gasteiger partial charge in [-0.25, -0.2) is 36.1 Å². The van der Waals surface area contributed by atoms with E-state index in [4.69, 9.17) is 0 Å². The van der Waals surface area contributed by atoms with Crippen LogP contribution in [0.25, 0.3) is 0 Å². The van der Waals surface area contributed by atoms with Gasteiger partial charge in [0.25, 0.3) is 0 Å². The Morgan fingerprint density at radius 1 is 0.500 bits per heavy atom. The van der Waals surface area contributed by atoms with E-state index in [9.17, 15) is 14.4 Å². The standard InChI is InChI=1S/C15H16N6O3/c22-13(16-11-7-3-1-4-8-11)18-20-15(24)21-19-14(23)17-12-9-5-2-6-10-12/h1-10H,(H2,16,18,22)(H2,17,19,23)(H2,20,21,24). The van der Waals surface area contributed by atoms with E-state index >= 15 is 0 Å². The van der Waals surface area contributed by atoms with Crippen LogP contribution in [0.4, 0.5) is 25.8 Å². The summed E-state index contributed by atoms with van der Waals surface area (Å²) in [5, 5.41) is 5.01. The number of carbonyl (C=O) groups excluding carboxylic acids is 3. The zero-order chi connectivity index (χ0) is 17.2. The molecule has 0 bridgehead atoms. The number of hydrogen-bond acceptors (Lipinski definition) is 3. The van der Waals surface area contributed by atoms with Gasteiger partial charge in [-0.3, -0.25) is 0 Å². The Bertz CT molecular complexity index is 633. The molecule has 9 heteroatoms. The maximum Gasteiger partial charge on any atom is 0.352 e. The minimum Gasteiger partial charge on any atom is -0.307 e. The van der Waals surface area contributed by atoms with Gasteiger partial charge in [0.05, 0.1) is 0 Å². The summed E-state index contributed by atoms with van der Waals surface area (Å²) in [4.78, 5) is 34.5. The molecule has 0 saturated heterocycles. The van der Waals surface area contributed by atoms with Crippen molar-refractivity contribution in [2.75, 3.05) is 10.6 Å². The highest BCUT2D eigenvalue weighted by molar-refractivity contribution is 5.92. The average molecular weight is 328 g/mol. The Labute approximate surface area is 137 Å². The lowest BCUT2D eigenvalue weighted by Gasteiger charge is -2.11. The Hall–Kier alpha value is -3.75. The van der Waals surface area contributed by atoms with E-state index in [1.165, 1.54) is 0 Å². The first-order valence-electron chi connectivity index (χ1n) is 6.93. The van der Waals surface area contributed by atoms with Crippen LogP contribution in [0.15, 0.2) is 60.7 Å². The molecule has 2 aromatic rings. The van der Waals surface area contributed by atoms with Gasteiger partial charge in [-0.2, -0.15) is 0 Å². The molecule has 0 radical (unpaired) electrons. The average Bonchev–Trinajstić information content (AvgIpc) is 2.60. The summed E-state index contributed by atoms with van der Waals surface area (Å²) in [6.45, 7) is 0. The van der Waals surface area contributed by atoms with Gasteiger partial charge in [0.2, 0.25) is 0 Å². The van der Waals surface area contributed by atoms with Gasteiger partial charge in [-0.1, -0.05) is 36.4 Å². The molecule has 2 rings (SSSR count). The third-order valence-electron chi connectivity index (χ3n) is 2.64. The van der Waals surface area contributed by atoms with E-state index in [0.29, 0.717) is 11.4 Å². The van der Waals surface area contributed by atoms with Gasteiger partial charge in [0.15, 0.2) is 0 Å². The minimum atomic E-state index is -0.818. The van der Waals surface area contributed by atoms with E-state index in [-0.39, 0.29) is 0 Å². The molecule has 0 aliphatic heterocycles. The quantitative estimate of drug-likeness (QED) is 0.471. The molecule has 0 aliphatic rings. The second kappa shape index (κ2) is 8.63. The summed E-state index contributed by atoms with van der Waals surface area (Å²) in [6.07, 6.45) is 0.